The number of aryl methyl sites for hydroxylation is 1. The topological polar surface area (TPSA) is 54.9 Å². The molecule has 1 aromatic carbocycles. The number of nitrogens with zero attached hydrogens (tertiary/aromatic N) is 2. The van der Waals surface area contributed by atoms with Gasteiger partial charge in [-0.05, 0) is 30.7 Å². The average molecular weight is 321 g/mol. The molecular weight excluding hydrogens is 306 g/mol. The highest BCUT2D eigenvalue weighted by molar-refractivity contribution is 7.09. The highest BCUT2D eigenvalue weighted by atomic mass is 32.1. The van der Waals surface area contributed by atoms with Crippen molar-refractivity contribution in [1.82, 2.24) is 9.97 Å². The van der Waals surface area contributed by atoms with E-state index < -0.39 is 0 Å². The quantitative estimate of drug-likeness (QED) is 0.734. The molecular formula is C18H15N3OS. The van der Waals surface area contributed by atoms with Crippen molar-refractivity contribution >= 4 is 29.0 Å². The van der Waals surface area contributed by atoms with Gasteiger partial charge in [-0.2, -0.15) is 0 Å². The number of anilines is 1. The number of thiazole rings is 1. The van der Waals surface area contributed by atoms with Crippen molar-refractivity contribution in [2.75, 3.05) is 5.32 Å². The van der Waals surface area contributed by atoms with Crippen LogP contribution in [0.25, 0.3) is 17.3 Å². The van der Waals surface area contributed by atoms with E-state index in [9.17, 15) is 4.79 Å². The van der Waals surface area contributed by atoms with Crippen LogP contribution >= 0.6 is 11.3 Å². The number of pyridine rings is 1. The second kappa shape index (κ2) is 6.98. The molecule has 3 aromatic rings. The molecule has 0 aliphatic carbocycles. The summed E-state index contributed by atoms with van der Waals surface area (Å²) in [7, 11) is 0. The first-order valence-electron chi connectivity index (χ1n) is 7.13. The van der Waals surface area contributed by atoms with Crippen molar-refractivity contribution in [3.63, 3.8) is 0 Å². The number of hydrogen-bond acceptors (Lipinski definition) is 4. The van der Waals surface area contributed by atoms with Crippen LogP contribution in [-0.4, -0.2) is 15.9 Å². The number of carbonyl (C=O) groups excluding carboxylic acids is 1. The third kappa shape index (κ3) is 3.90. The largest absolute Gasteiger partial charge is 0.322 e. The number of hydrogen-bond donors (Lipinski definition) is 1. The Bertz CT molecular complexity index is 840. The first-order chi connectivity index (χ1) is 11.2. The molecule has 1 N–H and O–H groups in total. The maximum Gasteiger partial charge on any atom is 0.248 e. The molecule has 5 heteroatoms. The smallest absolute Gasteiger partial charge is 0.248 e. The van der Waals surface area contributed by atoms with Gasteiger partial charge in [-0.25, -0.2) is 4.98 Å². The third-order valence-electron chi connectivity index (χ3n) is 3.19. The molecule has 0 fully saturated rings. The zero-order chi connectivity index (χ0) is 16.1. The molecule has 2 aromatic heterocycles. The highest BCUT2D eigenvalue weighted by Crippen LogP contribution is 2.28. The second-order valence-corrected chi connectivity index (χ2v) is 5.97. The zero-order valence-corrected chi connectivity index (χ0v) is 13.4. The Hall–Kier alpha value is -2.79. The number of carbonyl (C=O) groups is 1. The fourth-order valence-electron chi connectivity index (χ4n) is 2.12. The van der Waals surface area contributed by atoms with Gasteiger partial charge in [0, 0.05) is 29.4 Å². The predicted octanol–water partition coefficient (Wildman–Crippen LogP) is 4.17. The van der Waals surface area contributed by atoms with Gasteiger partial charge in [0.1, 0.15) is 0 Å². The average Bonchev–Trinajstić information content (AvgIpc) is 3.01. The minimum absolute atomic E-state index is 0.187. The van der Waals surface area contributed by atoms with Crippen molar-refractivity contribution in [2.45, 2.75) is 6.92 Å². The third-order valence-corrected chi connectivity index (χ3v) is 3.96. The molecule has 4 nitrogen and oxygen atoms in total. The van der Waals surface area contributed by atoms with Gasteiger partial charge in [0.15, 0.2) is 0 Å². The van der Waals surface area contributed by atoms with E-state index in [4.69, 9.17) is 0 Å². The van der Waals surface area contributed by atoms with Gasteiger partial charge in [0.2, 0.25) is 5.91 Å². The summed E-state index contributed by atoms with van der Waals surface area (Å²) in [4.78, 5) is 20.6. The summed E-state index contributed by atoms with van der Waals surface area (Å²) < 4.78 is 0. The van der Waals surface area contributed by atoms with Gasteiger partial charge in [-0.1, -0.05) is 24.3 Å². The molecule has 0 aliphatic rings. The SMILES string of the molecule is Cc1nc(-c2ccccc2NC(=O)/C=C/c2cccnc2)cs1. The number of aromatic nitrogens is 2. The first-order valence-corrected chi connectivity index (χ1v) is 8.01. The van der Waals surface area contributed by atoms with Crippen LogP contribution in [0.3, 0.4) is 0 Å². The maximum atomic E-state index is 12.1. The summed E-state index contributed by atoms with van der Waals surface area (Å²) in [6.07, 6.45) is 6.64. The summed E-state index contributed by atoms with van der Waals surface area (Å²) in [5.41, 5.74) is 3.42. The number of para-hydroxylation sites is 1. The molecule has 0 unspecified atom stereocenters. The van der Waals surface area contributed by atoms with Crippen molar-refractivity contribution in [1.29, 1.82) is 0 Å². The number of amides is 1. The molecule has 114 valence electrons. The van der Waals surface area contributed by atoms with Crippen LogP contribution in [-0.2, 0) is 4.79 Å². The van der Waals surface area contributed by atoms with Gasteiger partial charge in [0.05, 0.1) is 16.4 Å². The van der Waals surface area contributed by atoms with E-state index in [1.165, 1.54) is 6.08 Å². The van der Waals surface area contributed by atoms with Crippen LogP contribution in [0.1, 0.15) is 10.6 Å². The molecule has 0 aliphatic heterocycles. The molecule has 0 atom stereocenters. The molecule has 0 bridgehead atoms. The summed E-state index contributed by atoms with van der Waals surface area (Å²) >= 11 is 1.59. The lowest BCUT2D eigenvalue weighted by molar-refractivity contribution is -0.111. The van der Waals surface area contributed by atoms with Gasteiger partial charge in [-0.15, -0.1) is 11.3 Å². The Morgan fingerprint density at radius 3 is 2.83 bits per heavy atom. The van der Waals surface area contributed by atoms with Gasteiger partial charge in [-0.3, -0.25) is 9.78 Å². The van der Waals surface area contributed by atoms with Crippen LogP contribution in [0.5, 0.6) is 0 Å². The zero-order valence-electron chi connectivity index (χ0n) is 12.6. The standard InChI is InChI=1S/C18H15N3OS/c1-13-20-17(12-23-13)15-6-2-3-7-16(15)21-18(22)9-8-14-5-4-10-19-11-14/h2-12H,1H3,(H,21,22)/b9-8+. The molecule has 0 spiro atoms. The Labute approximate surface area is 138 Å². The maximum absolute atomic E-state index is 12.1. The summed E-state index contributed by atoms with van der Waals surface area (Å²) in [6.45, 7) is 1.96. The van der Waals surface area contributed by atoms with E-state index in [-0.39, 0.29) is 5.91 Å². The van der Waals surface area contributed by atoms with Crippen molar-refractivity contribution in [3.8, 4) is 11.3 Å². The van der Waals surface area contributed by atoms with E-state index in [0.717, 1.165) is 27.5 Å². The lowest BCUT2D eigenvalue weighted by atomic mass is 10.1. The molecule has 3 rings (SSSR count). The molecule has 2 heterocycles. The first kappa shape index (κ1) is 15.1. The summed E-state index contributed by atoms with van der Waals surface area (Å²) in [5, 5.41) is 5.90. The van der Waals surface area contributed by atoms with Gasteiger partial charge >= 0.3 is 0 Å². The number of rotatable bonds is 4. The summed E-state index contributed by atoms with van der Waals surface area (Å²) in [6, 6.07) is 11.4. The van der Waals surface area contributed by atoms with E-state index in [1.54, 1.807) is 29.8 Å². The van der Waals surface area contributed by atoms with E-state index >= 15 is 0 Å². The lowest BCUT2D eigenvalue weighted by Crippen LogP contribution is -2.08. The van der Waals surface area contributed by atoms with Gasteiger partial charge in [0.25, 0.3) is 0 Å². The molecule has 0 saturated carbocycles. The minimum atomic E-state index is -0.187. The van der Waals surface area contributed by atoms with Crippen molar-refractivity contribution in [2.24, 2.45) is 0 Å². The van der Waals surface area contributed by atoms with Crippen molar-refractivity contribution in [3.05, 3.63) is 70.8 Å². The van der Waals surface area contributed by atoms with Crippen LogP contribution < -0.4 is 5.32 Å². The normalized spacial score (nSPS) is 10.8. The fraction of sp³-hybridized carbons (Fsp3) is 0.0556. The molecule has 0 radical (unpaired) electrons. The van der Waals surface area contributed by atoms with Crippen LogP contribution in [0.2, 0.25) is 0 Å². The molecule has 0 saturated heterocycles. The minimum Gasteiger partial charge on any atom is -0.322 e. The number of benzene rings is 1. The summed E-state index contributed by atoms with van der Waals surface area (Å²) in [5.74, 6) is -0.187. The van der Waals surface area contributed by atoms with E-state index in [1.807, 2.05) is 48.7 Å². The Morgan fingerprint density at radius 2 is 2.09 bits per heavy atom. The fourth-order valence-corrected chi connectivity index (χ4v) is 2.74. The van der Waals surface area contributed by atoms with Gasteiger partial charge < -0.3 is 5.32 Å². The van der Waals surface area contributed by atoms with Crippen LogP contribution in [0, 0.1) is 6.92 Å². The monoisotopic (exact) mass is 321 g/mol. The van der Waals surface area contributed by atoms with E-state index in [2.05, 4.69) is 15.3 Å². The second-order valence-electron chi connectivity index (χ2n) is 4.91. The Kier molecular flexibility index (Phi) is 4.59. The molecule has 1 amide bonds. The van der Waals surface area contributed by atoms with Crippen molar-refractivity contribution < 1.29 is 4.79 Å². The number of nitrogens with one attached hydrogen (secondary N) is 1. The lowest BCUT2D eigenvalue weighted by Gasteiger charge is -2.07. The molecule has 23 heavy (non-hydrogen) atoms. The Balaban J connectivity index is 1.78. The van der Waals surface area contributed by atoms with Crippen LogP contribution in [0.15, 0.2) is 60.2 Å². The Morgan fingerprint density at radius 1 is 1.22 bits per heavy atom. The van der Waals surface area contributed by atoms with E-state index in [0.29, 0.717) is 0 Å². The van der Waals surface area contributed by atoms with Crippen LogP contribution in [0.4, 0.5) is 5.69 Å². The predicted molar refractivity (Wildman–Crippen MR) is 94.2 cm³/mol. The highest BCUT2D eigenvalue weighted by Gasteiger charge is 2.09.